The molecular weight excluding hydrogens is 278 g/mol. The molecule has 1 aliphatic carbocycles. The van der Waals surface area contributed by atoms with Crippen molar-refractivity contribution in [3.8, 4) is 0 Å². The fraction of sp³-hybridized carbons (Fsp3) is 0.562. The van der Waals surface area contributed by atoms with E-state index in [4.69, 9.17) is 4.74 Å². The van der Waals surface area contributed by atoms with Crippen LogP contribution in [0.2, 0.25) is 0 Å². The van der Waals surface area contributed by atoms with Crippen molar-refractivity contribution in [2.24, 2.45) is 7.05 Å². The van der Waals surface area contributed by atoms with Gasteiger partial charge in [0.2, 0.25) is 0 Å². The molecule has 1 aliphatic heterocycles. The predicted molar refractivity (Wildman–Crippen MR) is 82.8 cm³/mol. The Hall–Kier alpha value is -1.95. The summed E-state index contributed by atoms with van der Waals surface area (Å²) in [6, 6.07) is 2.04. The molecule has 6 heteroatoms. The minimum absolute atomic E-state index is 0.280. The second-order valence-corrected chi connectivity index (χ2v) is 6.22. The van der Waals surface area contributed by atoms with E-state index in [1.165, 1.54) is 24.1 Å². The van der Waals surface area contributed by atoms with Crippen LogP contribution in [-0.2, 0) is 30.2 Å². The van der Waals surface area contributed by atoms with E-state index in [2.05, 4.69) is 20.0 Å². The quantitative estimate of drug-likeness (QED) is 0.858. The zero-order valence-corrected chi connectivity index (χ0v) is 13.1. The molecule has 0 bridgehead atoms. The fourth-order valence-corrected chi connectivity index (χ4v) is 3.71. The van der Waals surface area contributed by atoms with E-state index in [0.29, 0.717) is 0 Å². The smallest absolute Gasteiger partial charge is 0.144 e. The molecule has 2 aromatic rings. The number of aryl methyl sites for hydroxylation is 2. The Bertz CT molecular complexity index is 690. The first-order chi connectivity index (χ1) is 10.7. The van der Waals surface area contributed by atoms with E-state index in [1.807, 2.05) is 24.0 Å². The highest BCUT2D eigenvalue weighted by atomic mass is 16.5. The van der Waals surface area contributed by atoms with Gasteiger partial charge in [0.15, 0.2) is 0 Å². The number of aromatic nitrogens is 4. The summed E-state index contributed by atoms with van der Waals surface area (Å²) in [5.74, 6) is 1.10. The Balaban J connectivity index is 1.62. The number of nitrogens with zero attached hydrogens (tertiary/aromatic N) is 5. The zero-order valence-electron chi connectivity index (χ0n) is 13.1. The van der Waals surface area contributed by atoms with Crippen molar-refractivity contribution in [1.82, 2.24) is 19.7 Å². The van der Waals surface area contributed by atoms with Crippen LogP contribution in [0.3, 0.4) is 0 Å². The van der Waals surface area contributed by atoms with E-state index < -0.39 is 0 Å². The molecule has 0 aromatic carbocycles. The topological polar surface area (TPSA) is 56.1 Å². The summed E-state index contributed by atoms with van der Waals surface area (Å²) in [4.78, 5) is 11.3. The summed E-state index contributed by atoms with van der Waals surface area (Å²) in [5.41, 5.74) is 3.40. The maximum Gasteiger partial charge on any atom is 0.144 e. The van der Waals surface area contributed by atoms with Crippen LogP contribution in [-0.4, -0.2) is 39.9 Å². The highest BCUT2D eigenvalue weighted by Gasteiger charge is 2.48. The Morgan fingerprint density at radius 1 is 1.18 bits per heavy atom. The van der Waals surface area contributed by atoms with Crippen LogP contribution in [0.5, 0.6) is 0 Å². The fourth-order valence-electron chi connectivity index (χ4n) is 3.71. The molecule has 2 aliphatic rings. The largest absolute Gasteiger partial charge is 0.368 e. The molecule has 0 radical (unpaired) electrons. The van der Waals surface area contributed by atoms with E-state index in [-0.39, 0.29) is 5.60 Å². The molecule has 22 heavy (non-hydrogen) atoms. The molecule has 1 saturated heterocycles. The van der Waals surface area contributed by atoms with Gasteiger partial charge in [-0.25, -0.2) is 9.97 Å². The number of ether oxygens (including phenoxy) is 1. The minimum Gasteiger partial charge on any atom is -0.368 e. The normalized spacial score (nSPS) is 19.6. The maximum atomic E-state index is 5.85. The number of rotatable bonds is 3. The molecule has 3 heterocycles. The average Bonchev–Trinajstić information content (AvgIpc) is 2.94. The van der Waals surface area contributed by atoms with E-state index in [0.717, 1.165) is 37.4 Å². The van der Waals surface area contributed by atoms with Gasteiger partial charge in [-0.3, -0.25) is 4.68 Å². The van der Waals surface area contributed by atoms with Crippen LogP contribution < -0.4 is 4.90 Å². The number of fused-ring (bicyclic) bond motifs is 1. The highest BCUT2D eigenvalue weighted by molar-refractivity contribution is 5.53. The van der Waals surface area contributed by atoms with Gasteiger partial charge in [0.1, 0.15) is 17.7 Å². The van der Waals surface area contributed by atoms with Gasteiger partial charge < -0.3 is 9.64 Å². The number of hydrogen-bond acceptors (Lipinski definition) is 5. The second-order valence-electron chi connectivity index (χ2n) is 6.22. The van der Waals surface area contributed by atoms with Gasteiger partial charge in [0.05, 0.1) is 18.8 Å². The van der Waals surface area contributed by atoms with Crippen molar-refractivity contribution in [3.63, 3.8) is 0 Å². The first-order valence-corrected chi connectivity index (χ1v) is 7.85. The second kappa shape index (κ2) is 5.05. The van der Waals surface area contributed by atoms with Crippen LogP contribution in [0, 0.1) is 0 Å². The molecule has 0 N–H and O–H groups in total. The first-order valence-electron chi connectivity index (χ1n) is 7.85. The van der Waals surface area contributed by atoms with Gasteiger partial charge in [-0.05, 0) is 31.7 Å². The Morgan fingerprint density at radius 3 is 2.73 bits per heavy atom. The van der Waals surface area contributed by atoms with Crippen LogP contribution in [0.15, 0.2) is 18.6 Å². The lowest BCUT2D eigenvalue weighted by Crippen LogP contribution is -2.62. The molecule has 0 amide bonds. The molecule has 6 nitrogen and oxygen atoms in total. The number of anilines is 1. The molecular formula is C16H21N5O. The summed E-state index contributed by atoms with van der Waals surface area (Å²) in [5, 5.41) is 4.27. The third-order valence-corrected chi connectivity index (χ3v) is 4.97. The summed E-state index contributed by atoms with van der Waals surface area (Å²) in [6.45, 7) is 1.62. The third kappa shape index (κ3) is 1.94. The van der Waals surface area contributed by atoms with Gasteiger partial charge in [-0.1, -0.05) is 0 Å². The third-order valence-electron chi connectivity index (χ3n) is 4.97. The number of methoxy groups -OCH3 is 1. The zero-order chi connectivity index (χ0) is 15.2. The minimum atomic E-state index is -0.280. The summed E-state index contributed by atoms with van der Waals surface area (Å²) in [7, 11) is 3.74. The van der Waals surface area contributed by atoms with Crippen LogP contribution >= 0.6 is 0 Å². The lowest BCUT2D eigenvalue weighted by Gasteiger charge is -2.50. The van der Waals surface area contributed by atoms with E-state index in [9.17, 15) is 0 Å². The van der Waals surface area contributed by atoms with Gasteiger partial charge in [-0.2, -0.15) is 5.10 Å². The summed E-state index contributed by atoms with van der Waals surface area (Å²) >= 11 is 0. The van der Waals surface area contributed by atoms with Crippen molar-refractivity contribution < 1.29 is 4.74 Å². The van der Waals surface area contributed by atoms with Crippen molar-refractivity contribution in [2.75, 3.05) is 25.1 Å². The lowest BCUT2D eigenvalue weighted by atomic mass is 9.88. The van der Waals surface area contributed by atoms with Gasteiger partial charge in [0, 0.05) is 31.6 Å². The Kier molecular flexibility index (Phi) is 3.14. The molecule has 1 fully saturated rings. The Morgan fingerprint density at radius 2 is 2.00 bits per heavy atom. The SMILES string of the molecule is COC1(c2ccnn2C)CN(c2ncnc3c2CCCC3)C1. The first kappa shape index (κ1) is 13.7. The average molecular weight is 299 g/mol. The molecule has 116 valence electrons. The van der Waals surface area contributed by atoms with Gasteiger partial charge in [0.25, 0.3) is 0 Å². The molecule has 0 saturated carbocycles. The van der Waals surface area contributed by atoms with Crippen molar-refractivity contribution in [1.29, 1.82) is 0 Å². The van der Waals surface area contributed by atoms with Crippen molar-refractivity contribution in [2.45, 2.75) is 31.3 Å². The lowest BCUT2D eigenvalue weighted by molar-refractivity contribution is -0.0448. The van der Waals surface area contributed by atoms with Gasteiger partial charge in [-0.15, -0.1) is 0 Å². The van der Waals surface area contributed by atoms with Crippen molar-refractivity contribution >= 4 is 5.82 Å². The number of hydrogen-bond donors (Lipinski definition) is 0. The molecule has 2 aromatic heterocycles. The summed E-state index contributed by atoms with van der Waals surface area (Å²) in [6.07, 6.45) is 8.17. The van der Waals surface area contributed by atoms with Crippen LogP contribution in [0.1, 0.15) is 29.8 Å². The van der Waals surface area contributed by atoms with Crippen LogP contribution in [0.4, 0.5) is 5.82 Å². The van der Waals surface area contributed by atoms with Crippen molar-refractivity contribution in [3.05, 3.63) is 35.5 Å². The van der Waals surface area contributed by atoms with Crippen LogP contribution in [0.25, 0.3) is 0 Å². The standard InChI is InChI=1S/C16H21N5O/c1-20-14(7-8-19-20)16(22-2)9-21(10-16)15-12-5-3-4-6-13(12)17-11-18-15/h7-8,11H,3-6,9-10H2,1-2H3. The molecule has 4 rings (SSSR count). The predicted octanol–water partition coefficient (Wildman–Crippen LogP) is 1.45. The monoisotopic (exact) mass is 299 g/mol. The van der Waals surface area contributed by atoms with E-state index in [1.54, 1.807) is 13.4 Å². The maximum absolute atomic E-state index is 5.85. The molecule has 0 spiro atoms. The highest BCUT2D eigenvalue weighted by Crippen LogP contribution is 2.39. The molecule has 0 unspecified atom stereocenters. The molecule has 0 atom stereocenters. The van der Waals surface area contributed by atoms with E-state index >= 15 is 0 Å². The summed E-state index contributed by atoms with van der Waals surface area (Å²) < 4.78 is 7.75. The van der Waals surface area contributed by atoms with Gasteiger partial charge >= 0.3 is 0 Å². The Labute approximate surface area is 130 Å².